The van der Waals surface area contributed by atoms with Gasteiger partial charge in [-0.15, -0.1) is 0 Å². The molecule has 0 saturated carbocycles. The second kappa shape index (κ2) is 6.26. The molecule has 0 aliphatic rings. The number of nitrogen functional groups attached to an aromatic ring is 1. The highest BCUT2D eigenvalue weighted by atomic mass is 79.9. The van der Waals surface area contributed by atoms with Crippen LogP contribution in [0.1, 0.15) is 10.4 Å². The van der Waals surface area contributed by atoms with Crippen LogP contribution in [0.5, 0.6) is 0 Å². The van der Waals surface area contributed by atoms with Gasteiger partial charge in [-0.25, -0.2) is 9.78 Å². The number of hydrogen-bond donors (Lipinski definition) is 1. The molecule has 3 aromatic rings. The van der Waals surface area contributed by atoms with Gasteiger partial charge in [0.2, 0.25) is 0 Å². The average Bonchev–Trinajstić information content (AvgIpc) is 2.56. The van der Waals surface area contributed by atoms with Gasteiger partial charge < -0.3 is 10.5 Å². The zero-order chi connectivity index (χ0) is 17.4. The van der Waals surface area contributed by atoms with Gasteiger partial charge in [0.15, 0.2) is 0 Å². The number of carbonyl (C=O) groups is 1. The number of esters is 1. The molecular weight excluding hydrogens is 398 g/mol. The van der Waals surface area contributed by atoms with Crippen molar-refractivity contribution in [2.45, 2.75) is 0 Å². The second-order valence-electron chi connectivity index (χ2n) is 4.92. The van der Waals surface area contributed by atoms with E-state index in [1.165, 1.54) is 17.9 Å². The van der Waals surface area contributed by atoms with Crippen molar-refractivity contribution < 1.29 is 9.53 Å². The minimum atomic E-state index is -0.794. The molecule has 0 unspecified atom stereocenters. The van der Waals surface area contributed by atoms with E-state index >= 15 is 0 Å². The van der Waals surface area contributed by atoms with Crippen molar-refractivity contribution >= 4 is 50.1 Å². The maximum Gasteiger partial charge on any atom is 0.345 e. The van der Waals surface area contributed by atoms with E-state index in [1.807, 2.05) is 0 Å². The monoisotopic (exact) mass is 407 g/mol. The van der Waals surface area contributed by atoms with Crippen LogP contribution in [0.15, 0.2) is 45.8 Å². The molecule has 2 N–H and O–H groups in total. The summed E-state index contributed by atoms with van der Waals surface area (Å²) in [6.45, 7) is 0. The predicted octanol–water partition coefficient (Wildman–Crippen LogP) is 3.17. The minimum absolute atomic E-state index is 0.0764. The number of nitrogens with two attached hydrogens (primary N) is 1. The molecule has 24 heavy (non-hydrogen) atoms. The van der Waals surface area contributed by atoms with Crippen molar-refractivity contribution in [3.05, 3.63) is 62.1 Å². The van der Waals surface area contributed by atoms with Gasteiger partial charge in [-0.1, -0.05) is 27.5 Å². The lowest BCUT2D eigenvalue weighted by Gasteiger charge is -2.15. The Balaban J connectivity index is 2.50. The number of benzene rings is 1. The number of anilines is 1. The Morgan fingerprint density at radius 2 is 2.08 bits per heavy atom. The molecule has 6 nitrogen and oxygen atoms in total. The second-order valence-corrected chi connectivity index (χ2v) is 6.22. The average molecular weight is 409 g/mol. The fourth-order valence-corrected chi connectivity index (χ4v) is 2.91. The van der Waals surface area contributed by atoms with Crippen molar-refractivity contribution in [3.63, 3.8) is 0 Å². The highest BCUT2D eigenvalue weighted by Gasteiger charge is 2.22. The van der Waals surface area contributed by atoms with Crippen LogP contribution in [-0.4, -0.2) is 22.6 Å². The van der Waals surface area contributed by atoms with Crippen molar-refractivity contribution in [2.75, 3.05) is 12.8 Å². The molecule has 0 radical (unpaired) electrons. The SMILES string of the molecule is COC(=O)c1c(N)c2ccc(Br)cc2n(-c2ccc(Cl)nc2)c1=O. The summed E-state index contributed by atoms with van der Waals surface area (Å²) in [6.07, 6.45) is 1.45. The molecule has 0 atom stereocenters. The first-order valence-electron chi connectivity index (χ1n) is 6.78. The number of ether oxygens (including phenoxy) is 1. The Bertz CT molecular complexity index is 1020. The Hall–Kier alpha value is -2.38. The lowest BCUT2D eigenvalue weighted by Crippen LogP contribution is -2.28. The van der Waals surface area contributed by atoms with Crippen molar-refractivity contribution in [2.24, 2.45) is 0 Å². The minimum Gasteiger partial charge on any atom is -0.465 e. The number of nitrogens with zero attached hydrogens (tertiary/aromatic N) is 2. The fraction of sp³-hybridized carbons (Fsp3) is 0.0625. The summed E-state index contributed by atoms with van der Waals surface area (Å²) in [5.41, 5.74) is 6.31. The Kier molecular flexibility index (Phi) is 4.29. The quantitative estimate of drug-likeness (QED) is 0.520. The molecule has 0 amide bonds. The third kappa shape index (κ3) is 2.65. The van der Waals surface area contributed by atoms with Crippen LogP contribution in [0, 0.1) is 0 Å². The van der Waals surface area contributed by atoms with E-state index < -0.39 is 11.5 Å². The van der Waals surface area contributed by atoms with Crippen LogP contribution < -0.4 is 11.3 Å². The molecule has 0 bridgehead atoms. The summed E-state index contributed by atoms with van der Waals surface area (Å²) in [6, 6.07) is 8.42. The van der Waals surface area contributed by atoms with E-state index in [0.717, 1.165) is 4.47 Å². The van der Waals surface area contributed by atoms with Crippen LogP contribution in [0.25, 0.3) is 16.6 Å². The van der Waals surface area contributed by atoms with Crippen LogP contribution in [-0.2, 0) is 4.74 Å². The Morgan fingerprint density at radius 3 is 2.71 bits per heavy atom. The van der Waals surface area contributed by atoms with Crippen LogP contribution in [0.3, 0.4) is 0 Å². The van der Waals surface area contributed by atoms with Gasteiger partial charge in [0.05, 0.1) is 30.2 Å². The molecule has 122 valence electrons. The Labute approximate surface area is 149 Å². The van der Waals surface area contributed by atoms with Crippen molar-refractivity contribution in [1.82, 2.24) is 9.55 Å². The smallest absolute Gasteiger partial charge is 0.345 e. The van der Waals surface area contributed by atoms with Crippen LogP contribution in [0.4, 0.5) is 5.69 Å². The molecule has 2 heterocycles. The molecule has 8 heteroatoms. The van der Waals surface area contributed by atoms with Gasteiger partial charge in [-0.2, -0.15) is 0 Å². The molecule has 0 spiro atoms. The molecule has 3 rings (SSSR count). The lowest BCUT2D eigenvalue weighted by atomic mass is 10.1. The molecule has 0 saturated heterocycles. The van der Waals surface area contributed by atoms with Gasteiger partial charge in [0.25, 0.3) is 5.56 Å². The number of pyridine rings is 2. The third-order valence-electron chi connectivity index (χ3n) is 3.54. The number of hydrogen-bond acceptors (Lipinski definition) is 5. The van der Waals surface area contributed by atoms with Gasteiger partial charge in [0.1, 0.15) is 10.7 Å². The number of halogens is 2. The maximum atomic E-state index is 12.9. The molecule has 0 aliphatic heterocycles. The summed E-state index contributed by atoms with van der Waals surface area (Å²) >= 11 is 9.19. The summed E-state index contributed by atoms with van der Waals surface area (Å²) < 4.78 is 6.82. The van der Waals surface area contributed by atoms with Crippen molar-refractivity contribution in [3.8, 4) is 5.69 Å². The Morgan fingerprint density at radius 1 is 1.33 bits per heavy atom. The van der Waals surface area contributed by atoms with E-state index in [4.69, 9.17) is 22.1 Å². The first kappa shape index (κ1) is 16.5. The number of rotatable bonds is 2. The van der Waals surface area contributed by atoms with E-state index in [0.29, 0.717) is 21.7 Å². The van der Waals surface area contributed by atoms with E-state index in [2.05, 4.69) is 20.9 Å². The fourth-order valence-electron chi connectivity index (χ4n) is 2.44. The van der Waals surface area contributed by atoms with Crippen LogP contribution >= 0.6 is 27.5 Å². The normalized spacial score (nSPS) is 10.8. The summed E-state index contributed by atoms with van der Waals surface area (Å²) in [4.78, 5) is 28.9. The molecule has 2 aromatic heterocycles. The summed E-state index contributed by atoms with van der Waals surface area (Å²) in [5, 5.41) is 0.842. The van der Waals surface area contributed by atoms with Gasteiger partial charge in [-0.3, -0.25) is 9.36 Å². The van der Waals surface area contributed by atoms with Crippen molar-refractivity contribution in [1.29, 1.82) is 0 Å². The summed E-state index contributed by atoms with van der Waals surface area (Å²) in [7, 11) is 1.20. The molecule has 0 aliphatic carbocycles. The molecule has 1 aromatic carbocycles. The molecular formula is C16H11BrClN3O3. The zero-order valence-electron chi connectivity index (χ0n) is 12.4. The van der Waals surface area contributed by atoms with E-state index in [1.54, 1.807) is 30.3 Å². The number of aromatic nitrogens is 2. The van der Waals surface area contributed by atoms with E-state index in [-0.39, 0.29) is 11.3 Å². The topological polar surface area (TPSA) is 87.2 Å². The number of carbonyl (C=O) groups excluding carboxylic acids is 1. The standard InChI is InChI=1S/C16H11BrClN3O3/c1-24-16(23)13-14(19)10-4-2-8(17)6-11(10)21(15(13)22)9-3-5-12(18)20-7-9/h2-7H,19H2,1H3. The van der Waals surface area contributed by atoms with Crippen LogP contribution in [0.2, 0.25) is 5.15 Å². The first-order valence-corrected chi connectivity index (χ1v) is 7.95. The lowest BCUT2D eigenvalue weighted by molar-refractivity contribution is 0.0600. The van der Waals surface area contributed by atoms with E-state index in [9.17, 15) is 9.59 Å². The van der Waals surface area contributed by atoms with Gasteiger partial charge in [0, 0.05) is 9.86 Å². The van der Waals surface area contributed by atoms with Gasteiger partial charge >= 0.3 is 5.97 Å². The third-order valence-corrected chi connectivity index (χ3v) is 4.25. The highest BCUT2D eigenvalue weighted by molar-refractivity contribution is 9.10. The van der Waals surface area contributed by atoms with Gasteiger partial charge in [-0.05, 0) is 30.3 Å². The molecule has 0 fully saturated rings. The zero-order valence-corrected chi connectivity index (χ0v) is 14.8. The predicted molar refractivity (Wildman–Crippen MR) is 95.8 cm³/mol. The maximum absolute atomic E-state index is 12.9. The number of fused-ring (bicyclic) bond motifs is 1. The summed E-state index contributed by atoms with van der Waals surface area (Å²) in [5.74, 6) is -0.794. The number of methoxy groups -OCH3 is 1. The highest BCUT2D eigenvalue weighted by Crippen LogP contribution is 2.28. The first-order chi connectivity index (χ1) is 11.4. The largest absolute Gasteiger partial charge is 0.465 e.